The normalized spacial score (nSPS) is 18.2. The maximum atomic E-state index is 15.7. The first-order valence-electron chi connectivity index (χ1n) is 27.1. The van der Waals surface area contributed by atoms with Gasteiger partial charge in [0.2, 0.25) is 0 Å². The van der Waals surface area contributed by atoms with Gasteiger partial charge in [0.1, 0.15) is 31.2 Å². The number of ether oxygens (including phenoxy) is 2. The number of hydrogen-bond acceptors (Lipinski definition) is 8. The third kappa shape index (κ3) is 12.4. The van der Waals surface area contributed by atoms with Crippen LogP contribution in [0.3, 0.4) is 0 Å². The van der Waals surface area contributed by atoms with E-state index in [1.165, 1.54) is 0 Å². The maximum Gasteiger partial charge on any atom is 0.355 e. The molecule has 0 spiro atoms. The molecule has 80 heavy (non-hydrogen) atoms. The van der Waals surface area contributed by atoms with Crippen molar-refractivity contribution in [2.75, 3.05) is 13.2 Å². The zero-order valence-corrected chi connectivity index (χ0v) is 50.7. The lowest BCUT2D eigenvalue weighted by atomic mass is 10.1. The van der Waals surface area contributed by atoms with Crippen molar-refractivity contribution in [3.63, 3.8) is 0 Å². The fourth-order valence-electron chi connectivity index (χ4n) is 11.0. The lowest BCUT2D eigenvalue weighted by Gasteiger charge is -2.40. The molecular weight excluding hydrogens is 1070 g/mol. The van der Waals surface area contributed by atoms with E-state index >= 15 is 8.42 Å². The van der Waals surface area contributed by atoms with Crippen molar-refractivity contribution in [1.82, 2.24) is 18.6 Å². The second-order valence-corrected chi connectivity index (χ2v) is 35.6. The lowest BCUT2D eigenvalue weighted by Crippen LogP contribution is -2.64. The molecule has 2 aliphatic carbocycles. The van der Waals surface area contributed by atoms with Crippen LogP contribution in [0.4, 0.5) is 0 Å². The summed E-state index contributed by atoms with van der Waals surface area (Å²) in [6.07, 6.45) is 15.2. The van der Waals surface area contributed by atoms with Crippen LogP contribution in [0, 0.1) is 11.8 Å². The molecule has 6 aromatic rings. The number of hydrogen-bond donors (Lipinski definition) is 2. The highest BCUT2D eigenvalue weighted by Crippen LogP contribution is 2.43. The highest BCUT2D eigenvalue weighted by molar-refractivity contribution is 7.93. The molecule has 0 saturated heterocycles. The number of fused-ring (bicyclic) bond motifs is 1. The van der Waals surface area contributed by atoms with Gasteiger partial charge in [-0.05, 0) is 82.2 Å². The topological polar surface area (TPSA) is 145 Å². The molecule has 3 aliphatic rings. The van der Waals surface area contributed by atoms with E-state index in [2.05, 4.69) is 119 Å². The summed E-state index contributed by atoms with van der Waals surface area (Å²) >= 11 is 0. The van der Waals surface area contributed by atoms with Gasteiger partial charge >= 0.3 is 11.9 Å². The van der Waals surface area contributed by atoms with Crippen LogP contribution in [0.1, 0.15) is 128 Å². The Morgan fingerprint density at radius 2 is 1.16 bits per heavy atom. The van der Waals surface area contributed by atoms with E-state index in [1.54, 1.807) is 55.5 Å². The number of rotatable bonds is 17. The van der Waals surface area contributed by atoms with E-state index in [0.29, 0.717) is 44.1 Å². The van der Waals surface area contributed by atoms with Gasteiger partial charge in [0.15, 0.2) is 0 Å². The smallest absolute Gasteiger partial charge is 0.355 e. The Balaban J connectivity index is 0.000000252. The molecule has 4 atom stereocenters. The average Bonchev–Trinajstić information content (AvgIpc) is 4.50. The van der Waals surface area contributed by atoms with E-state index in [9.17, 15) is 9.59 Å². The molecule has 2 N–H and O–H groups in total. The Morgan fingerprint density at radius 3 is 1.56 bits per heavy atom. The van der Waals surface area contributed by atoms with Crippen LogP contribution >= 0.6 is 0 Å². The first kappa shape index (κ1) is 63.0. The van der Waals surface area contributed by atoms with Crippen molar-refractivity contribution >= 4 is 81.1 Å². The Labute approximate surface area is 481 Å². The zero-order chi connectivity index (χ0) is 56.3. The van der Waals surface area contributed by atoms with Crippen molar-refractivity contribution in [1.29, 1.82) is 0 Å². The number of carbonyl (C=O) groups excluding carboxylic acids is 2. The summed E-state index contributed by atoms with van der Waals surface area (Å²) in [5.41, 5.74) is 1.81. The minimum Gasteiger partial charge on any atom is -0.461 e. The Bertz CT molecular complexity index is 3350. The van der Waals surface area contributed by atoms with Gasteiger partial charge in [-0.1, -0.05) is 209 Å². The summed E-state index contributed by atoms with van der Waals surface area (Å²) in [5.74, 6) is -0.155. The van der Waals surface area contributed by atoms with Crippen LogP contribution in [0.25, 0.3) is 12.2 Å². The molecule has 1 aliphatic heterocycles. The van der Waals surface area contributed by atoms with E-state index in [0.717, 1.165) is 46.4 Å². The average molecular weight is 1160 g/mol. The fraction of sp³-hybridized carbons (Fsp3) is 0.375. The van der Waals surface area contributed by atoms with Gasteiger partial charge < -0.3 is 18.6 Å². The van der Waals surface area contributed by atoms with E-state index in [4.69, 9.17) is 17.5 Å². The summed E-state index contributed by atoms with van der Waals surface area (Å²) in [7, 11) is -9.18. The highest BCUT2D eigenvalue weighted by atomic mass is 32.2. The summed E-state index contributed by atoms with van der Waals surface area (Å²) < 4.78 is 63.5. The second kappa shape index (κ2) is 25.3. The number of nitrogens with one attached hydrogen (secondary N) is 2. The van der Waals surface area contributed by atoms with E-state index in [-0.39, 0.29) is 50.2 Å². The van der Waals surface area contributed by atoms with Gasteiger partial charge in [-0.15, -0.1) is 6.58 Å². The Kier molecular flexibility index (Phi) is 20.0. The van der Waals surface area contributed by atoms with Gasteiger partial charge in [0, 0.05) is 49.7 Å². The van der Waals surface area contributed by atoms with Gasteiger partial charge in [-0.25, -0.2) is 35.5 Å². The van der Waals surface area contributed by atoms with Gasteiger partial charge in [-0.3, -0.25) is 0 Å². The minimum atomic E-state index is -3.35. The molecule has 0 bridgehead atoms. The number of esters is 2. The number of aromatic nitrogens is 2. The fourth-order valence-corrected chi connectivity index (χ4v) is 29.1. The van der Waals surface area contributed by atoms with Crippen LogP contribution in [0.2, 0.25) is 10.1 Å². The van der Waals surface area contributed by atoms with E-state index < -0.39 is 48.2 Å². The van der Waals surface area contributed by atoms with Crippen molar-refractivity contribution in [2.24, 2.45) is 34.0 Å². The Morgan fingerprint density at radius 1 is 0.725 bits per heavy atom. The van der Waals surface area contributed by atoms with Crippen molar-refractivity contribution in [3.8, 4) is 0 Å². The van der Waals surface area contributed by atoms with Gasteiger partial charge in [0.05, 0.1) is 23.0 Å². The van der Waals surface area contributed by atoms with E-state index in [1.807, 2.05) is 84.9 Å². The predicted molar refractivity (Wildman–Crippen MR) is 338 cm³/mol. The molecule has 0 radical (unpaired) electrons. The molecule has 428 valence electrons. The monoisotopic (exact) mass is 1150 g/mol. The predicted octanol–water partition coefficient (Wildman–Crippen LogP) is 11.9. The van der Waals surface area contributed by atoms with Crippen LogP contribution in [0.5, 0.6) is 0 Å². The van der Waals surface area contributed by atoms with Crippen molar-refractivity contribution < 1.29 is 27.5 Å². The number of carbonyl (C=O) groups is 2. The third-order valence-corrected chi connectivity index (χ3v) is 31.4. The zero-order valence-electron chi connectivity index (χ0n) is 47.0. The van der Waals surface area contributed by atoms with Crippen LogP contribution < -0.4 is 30.2 Å². The highest BCUT2D eigenvalue weighted by Gasteiger charge is 2.53. The molecule has 2 fully saturated rings. The number of nitrogens with zero attached hydrogens (tertiary/aromatic N) is 4. The summed E-state index contributed by atoms with van der Waals surface area (Å²) in [4.78, 5) is 27.0. The summed E-state index contributed by atoms with van der Waals surface area (Å²) in [5, 5.41) is 3.65. The molecule has 9 rings (SSSR count). The standard InChI is InChI=1S/C32H41N3O3SSi.C30H37N3O3SSi.2CH4/c1-8-27-29(23-35(7)30(27)31(36)38-10-3)39(37,33-28(9-2)24-21-22-24)34-40(32(4,5)6,25-17-13-11-14-18-25)26-19-15-12-16-20-26;1-6-36-29(34)28-25-19-20-26(22-17-18-22)31-37(35,27(25)21-33(28)5)32-38(30(2,3)4,23-13-9-7-10-14-23)24-15-11-8-12-16-24;;/h8-9,11-20,23-24,28H,1-2,10,21-22H2,3-7H3,(H,33,34,37);7-16,19-22,26H,6,17-18H2,1-5H3,(H,31,32,35);2*1H4/t28-,39?;26-,37?;;/m11../s1. The minimum absolute atomic E-state index is 0. The lowest BCUT2D eigenvalue weighted by molar-refractivity contribution is 0.0505. The molecule has 2 unspecified atom stereocenters. The summed E-state index contributed by atoms with van der Waals surface area (Å²) in [6.45, 7) is 25.3. The molecule has 2 saturated carbocycles. The number of benzene rings is 4. The van der Waals surface area contributed by atoms with Crippen LogP contribution in [-0.4, -0.2) is 71.3 Å². The van der Waals surface area contributed by atoms with Crippen LogP contribution in [-0.2, 0) is 43.4 Å². The first-order chi connectivity index (χ1) is 37.1. The molecule has 16 heteroatoms. The van der Waals surface area contributed by atoms with Crippen molar-refractivity contribution in [2.45, 2.75) is 128 Å². The van der Waals surface area contributed by atoms with Gasteiger partial charge in [0.25, 0.3) is 16.5 Å². The SMILES string of the molecule is C.C.C=Cc1c(S(=O)(=N[Si](c2ccccc2)(c2ccccc2)C(C)(C)C)N[C@H](C=C)C2CC2)cn(C)c1C(=O)OCC.CCOC(=O)c1c2c(cn1C)S(=O)(=N[Si](c1ccccc1)(c1ccccc1)C(C)(C)C)N[C@@H](C1CC1)C=C2. The van der Waals surface area contributed by atoms with Crippen molar-refractivity contribution in [3.05, 3.63) is 182 Å². The maximum absolute atomic E-state index is 15.7. The second-order valence-electron chi connectivity index (χ2n) is 22.6. The largest absolute Gasteiger partial charge is 0.461 e. The molecule has 2 aromatic heterocycles. The molecule has 0 amide bonds. The molecule has 3 heterocycles. The molecule has 4 aromatic carbocycles. The Hall–Kier alpha value is -6.15. The van der Waals surface area contributed by atoms with Crippen LogP contribution in [0.15, 0.2) is 177 Å². The quantitative estimate of drug-likeness (QED) is 0.0528. The number of aryl methyl sites for hydroxylation is 2. The molecule has 12 nitrogen and oxygen atoms in total. The molecular formula is C64H86N6O6S2Si2. The summed E-state index contributed by atoms with van der Waals surface area (Å²) in [6, 6.07) is 40.8. The van der Waals surface area contributed by atoms with Gasteiger partial charge in [-0.2, -0.15) is 0 Å². The first-order valence-corrected chi connectivity index (χ1v) is 34.0. The third-order valence-electron chi connectivity index (χ3n) is 15.1.